The second-order valence-electron chi connectivity index (χ2n) is 4.90. The Morgan fingerprint density at radius 3 is 2.50 bits per heavy atom. The van der Waals surface area contributed by atoms with E-state index in [0.29, 0.717) is 11.1 Å². The minimum absolute atomic E-state index is 0.471. The Kier molecular flexibility index (Phi) is 7.38. The average Bonchev–Trinajstić information content (AvgIpc) is 2.40. The van der Waals surface area contributed by atoms with Gasteiger partial charge >= 0.3 is 6.18 Å². The van der Waals surface area contributed by atoms with Crippen LogP contribution in [0.3, 0.4) is 0 Å². The highest BCUT2D eigenvalue weighted by Crippen LogP contribution is 2.27. The van der Waals surface area contributed by atoms with Crippen LogP contribution in [0.25, 0.3) is 0 Å². The fraction of sp³-hybridized carbons (Fsp3) is 0.467. The molecule has 20 heavy (non-hydrogen) atoms. The van der Waals surface area contributed by atoms with Gasteiger partial charge in [-0.25, -0.2) is 0 Å². The molecule has 0 aliphatic heterocycles. The van der Waals surface area contributed by atoms with Crippen LogP contribution in [-0.2, 0) is 6.18 Å². The third-order valence-electron chi connectivity index (χ3n) is 3.23. The van der Waals surface area contributed by atoms with Crippen LogP contribution in [-0.4, -0.2) is 15.4 Å². The number of rotatable bonds is 8. The maximum atomic E-state index is 12.8. The summed E-state index contributed by atoms with van der Waals surface area (Å²) in [6.45, 7) is 3.98. The Hall–Kier alpha value is -0.743. The second-order valence-corrected chi connectivity index (χ2v) is 7.04. The van der Waals surface area contributed by atoms with E-state index in [4.69, 9.17) is 11.6 Å². The molecular weight excluding hydrogens is 301 g/mol. The number of hydrogen-bond acceptors (Lipinski definition) is 0. The molecule has 0 bridgehead atoms. The lowest BCUT2D eigenvalue weighted by molar-refractivity contribution is -0.136. The molecule has 0 aromatic heterocycles. The SMILES string of the molecule is C=C(CCCCCCl)C[SiH2]c1ccccc1C(F)(F)F. The minimum Gasteiger partial charge on any atom is -0.166 e. The van der Waals surface area contributed by atoms with Crippen LogP contribution >= 0.6 is 11.6 Å². The lowest BCUT2D eigenvalue weighted by Crippen LogP contribution is -2.25. The van der Waals surface area contributed by atoms with E-state index in [1.165, 1.54) is 12.1 Å². The van der Waals surface area contributed by atoms with Gasteiger partial charge in [-0.2, -0.15) is 13.2 Å². The summed E-state index contributed by atoms with van der Waals surface area (Å²) in [6, 6.07) is 6.65. The van der Waals surface area contributed by atoms with Gasteiger partial charge in [-0.3, -0.25) is 0 Å². The predicted molar refractivity (Wildman–Crippen MR) is 82.8 cm³/mol. The normalized spacial score (nSPS) is 12.2. The van der Waals surface area contributed by atoms with Crippen molar-refractivity contribution in [3.63, 3.8) is 0 Å². The van der Waals surface area contributed by atoms with E-state index in [2.05, 4.69) is 6.58 Å². The third-order valence-corrected chi connectivity index (χ3v) is 5.61. The van der Waals surface area contributed by atoms with Gasteiger partial charge in [0.15, 0.2) is 0 Å². The van der Waals surface area contributed by atoms with Crippen LogP contribution in [0.5, 0.6) is 0 Å². The van der Waals surface area contributed by atoms with Gasteiger partial charge in [0.25, 0.3) is 0 Å². The minimum atomic E-state index is -4.24. The zero-order chi connectivity index (χ0) is 15.0. The Bertz CT molecular complexity index is 429. The summed E-state index contributed by atoms with van der Waals surface area (Å²) in [5.74, 6) is 0.667. The summed E-state index contributed by atoms with van der Waals surface area (Å²) < 4.78 is 38.5. The maximum absolute atomic E-state index is 12.8. The molecule has 1 aromatic rings. The van der Waals surface area contributed by atoms with Crippen LogP contribution in [0, 0.1) is 0 Å². The third kappa shape index (κ3) is 6.14. The highest BCUT2D eigenvalue weighted by atomic mass is 35.5. The molecule has 0 saturated carbocycles. The molecule has 0 aliphatic rings. The van der Waals surface area contributed by atoms with Crippen molar-refractivity contribution in [1.29, 1.82) is 0 Å². The summed E-state index contributed by atoms with van der Waals surface area (Å²) >= 11 is 5.60. The van der Waals surface area contributed by atoms with Gasteiger partial charge in [0.2, 0.25) is 0 Å². The molecule has 0 radical (unpaired) electrons. The van der Waals surface area contributed by atoms with Gasteiger partial charge < -0.3 is 0 Å². The van der Waals surface area contributed by atoms with Crippen LogP contribution in [0.1, 0.15) is 31.2 Å². The lowest BCUT2D eigenvalue weighted by Gasteiger charge is -2.13. The Labute approximate surface area is 125 Å². The molecule has 0 aliphatic carbocycles. The highest BCUT2D eigenvalue weighted by Gasteiger charge is 2.32. The van der Waals surface area contributed by atoms with Crippen molar-refractivity contribution in [2.24, 2.45) is 0 Å². The van der Waals surface area contributed by atoms with Gasteiger partial charge in [0.05, 0.1) is 15.1 Å². The van der Waals surface area contributed by atoms with Crippen LogP contribution < -0.4 is 5.19 Å². The van der Waals surface area contributed by atoms with Crippen molar-refractivity contribution >= 4 is 26.3 Å². The average molecular weight is 321 g/mol. The van der Waals surface area contributed by atoms with E-state index in [-0.39, 0.29) is 0 Å². The van der Waals surface area contributed by atoms with Crippen LogP contribution in [0.4, 0.5) is 13.2 Å². The zero-order valence-corrected chi connectivity index (χ0v) is 13.6. The number of benzene rings is 1. The molecule has 0 fully saturated rings. The van der Waals surface area contributed by atoms with Gasteiger partial charge in [-0.1, -0.05) is 41.4 Å². The predicted octanol–water partition coefficient (Wildman–Crippen LogP) is 4.27. The number of unbranched alkanes of at least 4 members (excludes halogenated alkanes) is 2. The molecule has 0 spiro atoms. The van der Waals surface area contributed by atoms with Gasteiger partial charge in [0.1, 0.15) is 0 Å². The number of hydrogen-bond donors (Lipinski definition) is 0. The molecule has 0 saturated heterocycles. The van der Waals surface area contributed by atoms with E-state index in [1.807, 2.05) is 0 Å². The summed E-state index contributed by atoms with van der Waals surface area (Å²) in [5.41, 5.74) is 0.602. The van der Waals surface area contributed by atoms with E-state index < -0.39 is 21.3 Å². The molecule has 0 unspecified atom stereocenters. The van der Waals surface area contributed by atoms with Crippen molar-refractivity contribution in [3.8, 4) is 0 Å². The Morgan fingerprint density at radius 2 is 1.85 bits per heavy atom. The number of alkyl halides is 4. The molecular formula is C15H20ClF3Si. The monoisotopic (exact) mass is 320 g/mol. The molecule has 0 heterocycles. The topological polar surface area (TPSA) is 0 Å². The fourth-order valence-electron chi connectivity index (χ4n) is 2.10. The van der Waals surface area contributed by atoms with Crippen molar-refractivity contribution in [1.82, 2.24) is 0 Å². The number of halogens is 4. The van der Waals surface area contributed by atoms with Gasteiger partial charge in [-0.15, -0.1) is 18.2 Å². The molecule has 0 atom stereocenters. The first-order valence-corrected chi connectivity index (χ1v) is 9.07. The summed E-state index contributed by atoms with van der Waals surface area (Å²) in [5, 5.41) is 0.488. The lowest BCUT2D eigenvalue weighted by atomic mass is 10.1. The number of allylic oxidation sites excluding steroid dienone is 1. The second kappa shape index (κ2) is 8.52. The summed E-state index contributed by atoms with van der Waals surface area (Å²) in [6.07, 6.45) is -0.267. The molecule has 0 amide bonds. The highest BCUT2D eigenvalue weighted by molar-refractivity contribution is 6.54. The van der Waals surface area contributed by atoms with Crippen molar-refractivity contribution in [3.05, 3.63) is 42.0 Å². The molecule has 0 nitrogen and oxygen atoms in total. The fourth-order valence-corrected chi connectivity index (χ4v) is 4.05. The smallest absolute Gasteiger partial charge is 0.166 e. The first-order chi connectivity index (χ1) is 9.45. The molecule has 0 N–H and O–H groups in total. The summed E-state index contributed by atoms with van der Waals surface area (Å²) in [4.78, 5) is 0. The quantitative estimate of drug-likeness (QED) is 0.290. The van der Waals surface area contributed by atoms with Crippen molar-refractivity contribution in [2.45, 2.75) is 37.9 Å². The van der Waals surface area contributed by atoms with Crippen LogP contribution in [0.15, 0.2) is 36.4 Å². The van der Waals surface area contributed by atoms with Gasteiger partial charge in [-0.05, 0) is 25.3 Å². The molecule has 112 valence electrons. The summed E-state index contributed by atoms with van der Waals surface area (Å²) in [7, 11) is -0.953. The van der Waals surface area contributed by atoms with E-state index in [9.17, 15) is 13.2 Å². The van der Waals surface area contributed by atoms with Crippen molar-refractivity contribution in [2.75, 3.05) is 5.88 Å². The maximum Gasteiger partial charge on any atom is 0.416 e. The van der Waals surface area contributed by atoms with E-state index in [1.54, 1.807) is 12.1 Å². The first kappa shape index (κ1) is 17.3. The van der Waals surface area contributed by atoms with Gasteiger partial charge in [0, 0.05) is 5.88 Å². The Morgan fingerprint density at radius 1 is 1.15 bits per heavy atom. The molecule has 1 aromatic carbocycles. The molecule has 1 rings (SSSR count). The first-order valence-electron chi connectivity index (χ1n) is 6.83. The largest absolute Gasteiger partial charge is 0.416 e. The van der Waals surface area contributed by atoms with E-state index in [0.717, 1.165) is 37.3 Å². The van der Waals surface area contributed by atoms with E-state index >= 15 is 0 Å². The molecule has 5 heteroatoms. The Balaban J connectivity index is 2.48. The van der Waals surface area contributed by atoms with Crippen molar-refractivity contribution < 1.29 is 13.2 Å². The standard InChI is InChI=1S/C15H20ClF3Si/c1-12(7-3-2-6-10-16)11-20-14-9-5-4-8-13(14)15(17,18)19/h4-5,8-9H,1-3,6-7,10-11,20H2. The van der Waals surface area contributed by atoms with Crippen LogP contribution in [0.2, 0.25) is 6.04 Å². The zero-order valence-electron chi connectivity index (χ0n) is 11.5.